The Balaban J connectivity index is 1.45. The van der Waals surface area contributed by atoms with Crippen molar-refractivity contribution in [3.8, 4) is 0 Å². The van der Waals surface area contributed by atoms with Crippen LogP contribution in [0.1, 0.15) is 70.3 Å². The number of nitrogens with zero attached hydrogens (tertiary/aromatic N) is 4. The number of aromatic nitrogens is 5. The van der Waals surface area contributed by atoms with Crippen LogP contribution < -0.4 is 5.56 Å². The van der Waals surface area contributed by atoms with Crippen LogP contribution in [0.4, 0.5) is 0 Å². The predicted molar refractivity (Wildman–Crippen MR) is 133 cm³/mol. The maximum Gasteiger partial charge on any atom is 0.348 e. The van der Waals surface area contributed by atoms with Crippen LogP contribution in [0, 0.1) is 6.92 Å². The molecule has 0 saturated heterocycles. The van der Waals surface area contributed by atoms with E-state index >= 15 is 0 Å². The zero-order valence-electron chi connectivity index (χ0n) is 19.2. The summed E-state index contributed by atoms with van der Waals surface area (Å²) < 4.78 is 7.31. The van der Waals surface area contributed by atoms with Crippen molar-refractivity contribution in [2.45, 2.75) is 56.5 Å². The molecule has 1 atom stereocenters. The first-order chi connectivity index (χ1) is 16.5. The number of ether oxygens (including phenoxy) is 1. The Morgan fingerprint density at radius 2 is 2.06 bits per heavy atom. The maximum absolute atomic E-state index is 12.9. The SMILES string of the molecule is CCOC(=O)c1sc2nc(C(C)Sc3nnc(C4CC4)n3Cc3ccccc3)[nH]c(=O)c2c1C. The minimum Gasteiger partial charge on any atom is -0.462 e. The van der Waals surface area contributed by atoms with Crippen LogP contribution in [0.15, 0.2) is 40.3 Å². The molecule has 5 rings (SSSR count). The number of fused-ring (bicyclic) bond motifs is 1. The van der Waals surface area contributed by atoms with Crippen molar-refractivity contribution >= 4 is 39.3 Å². The third-order valence-electron chi connectivity index (χ3n) is 5.82. The van der Waals surface area contributed by atoms with E-state index < -0.39 is 5.97 Å². The highest BCUT2D eigenvalue weighted by Crippen LogP contribution is 2.42. The standard InChI is InChI=1S/C24H25N5O3S2/c1-4-32-23(31)18-13(2)17-21(30)25-19(26-22(17)34-18)14(3)33-24-28-27-20(16-10-11-16)29(24)12-15-8-6-5-7-9-15/h5-9,14,16H,4,10-12H2,1-3H3,(H,25,26,30). The average molecular weight is 496 g/mol. The number of benzene rings is 1. The number of H-pyrrole nitrogens is 1. The normalized spacial score (nSPS) is 14.4. The van der Waals surface area contributed by atoms with Crippen LogP contribution in [0.5, 0.6) is 0 Å². The Morgan fingerprint density at radius 1 is 1.29 bits per heavy atom. The summed E-state index contributed by atoms with van der Waals surface area (Å²) in [4.78, 5) is 33.8. The van der Waals surface area contributed by atoms with Crippen molar-refractivity contribution in [1.82, 2.24) is 24.7 Å². The van der Waals surface area contributed by atoms with Crippen LogP contribution in [0.25, 0.3) is 10.2 Å². The molecule has 0 bridgehead atoms. The van der Waals surface area contributed by atoms with Gasteiger partial charge in [0.2, 0.25) is 0 Å². The first-order valence-corrected chi connectivity index (χ1v) is 13.0. The minimum absolute atomic E-state index is 0.170. The monoisotopic (exact) mass is 495 g/mol. The number of carbonyl (C=O) groups excluding carboxylic acids is 1. The highest BCUT2D eigenvalue weighted by Gasteiger charge is 2.31. The fraction of sp³-hybridized carbons (Fsp3) is 0.375. The Morgan fingerprint density at radius 3 is 2.76 bits per heavy atom. The molecule has 0 amide bonds. The molecule has 0 spiro atoms. The number of carbonyl (C=O) groups is 1. The van der Waals surface area contributed by atoms with Gasteiger partial charge in [-0.1, -0.05) is 42.1 Å². The summed E-state index contributed by atoms with van der Waals surface area (Å²) in [6.45, 7) is 6.48. The second-order valence-corrected chi connectivity index (χ2v) is 10.7. The van der Waals surface area contributed by atoms with Crippen LogP contribution in [0.2, 0.25) is 0 Å². The Bertz CT molecular complexity index is 1410. The fourth-order valence-corrected chi connectivity index (χ4v) is 5.90. The zero-order chi connectivity index (χ0) is 23.8. The number of aromatic amines is 1. The van der Waals surface area contributed by atoms with Crippen molar-refractivity contribution in [3.05, 3.63) is 68.3 Å². The second kappa shape index (κ2) is 9.34. The van der Waals surface area contributed by atoms with E-state index in [4.69, 9.17) is 9.72 Å². The van der Waals surface area contributed by atoms with Gasteiger partial charge >= 0.3 is 5.97 Å². The molecule has 0 radical (unpaired) electrons. The van der Waals surface area contributed by atoms with Crippen molar-refractivity contribution in [1.29, 1.82) is 0 Å². The third-order valence-corrected chi connectivity index (χ3v) is 8.07. The number of hydrogen-bond donors (Lipinski definition) is 1. The molecule has 10 heteroatoms. The van der Waals surface area contributed by atoms with Gasteiger partial charge in [0.1, 0.15) is 21.4 Å². The number of thioether (sulfide) groups is 1. The molecular formula is C24H25N5O3S2. The van der Waals surface area contributed by atoms with Crippen molar-refractivity contribution in [3.63, 3.8) is 0 Å². The van der Waals surface area contributed by atoms with E-state index in [2.05, 4.69) is 31.9 Å². The van der Waals surface area contributed by atoms with Gasteiger partial charge in [0.25, 0.3) is 5.56 Å². The summed E-state index contributed by atoms with van der Waals surface area (Å²) in [5.74, 6) is 1.60. The largest absolute Gasteiger partial charge is 0.462 e. The van der Waals surface area contributed by atoms with E-state index in [-0.39, 0.29) is 17.4 Å². The van der Waals surface area contributed by atoms with E-state index in [1.807, 2.05) is 25.1 Å². The van der Waals surface area contributed by atoms with Gasteiger partial charge in [-0.15, -0.1) is 21.5 Å². The lowest BCUT2D eigenvalue weighted by Crippen LogP contribution is -2.13. The summed E-state index contributed by atoms with van der Waals surface area (Å²) in [5.41, 5.74) is 1.55. The van der Waals surface area contributed by atoms with E-state index in [0.717, 1.165) is 23.8 Å². The molecule has 8 nitrogen and oxygen atoms in total. The molecule has 3 heterocycles. The van der Waals surface area contributed by atoms with Gasteiger partial charge in [-0.05, 0) is 44.7 Å². The van der Waals surface area contributed by atoms with Gasteiger partial charge in [0.05, 0.1) is 23.8 Å². The van der Waals surface area contributed by atoms with Gasteiger partial charge in [-0.3, -0.25) is 4.79 Å². The smallest absolute Gasteiger partial charge is 0.348 e. The van der Waals surface area contributed by atoms with Gasteiger partial charge in [0.15, 0.2) is 5.16 Å². The number of thiophene rings is 1. The number of hydrogen-bond acceptors (Lipinski definition) is 8. The Hall–Kier alpha value is -2.98. The lowest BCUT2D eigenvalue weighted by Gasteiger charge is -2.13. The molecule has 0 aliphatic heterocycles. The van der Waals surface area contributed by atoms with Gasteiger partial charge in [-0.2, -0.15) is 0 Å². The molecule has 34 heavy (non-hydrogen) atoms. The maximum atomic E-state index is 12.9. The number of rotatable bonds is 8. The molecule has 1 aromatic carbocycles. The van der Waals surface area contributed by atoms with E-state index in [0.29, 0.717) is 38.9 Å². The van der Waals surface area contributed by atoms with Gasteiger partial charge in [0, 0.05) is 5.92 Å². The van der Waals surface area contributed by atoms with Crippen molar-refractivity contribution in [2.75, 3.05) is 6.61 Å². The van der Waals surface area contributed by atoms with Crippen LogP contribution >= 0.6 is 23.1 Å². The van der Waals surface area contributed by atoms with Crippen LogP contribution in [-0.4, -0.2) is 37.3 Å². The lowest BCUT2D eigenvalue weighted by molar-refractivity contribution is 0.0531. The number of nitrogens with one attached hydrogen (secondary N) is 1. The molecule has 1 unspecified atom stereocenters. The highest BCUT2D eigenvalue weighted by atomic mass is 32.2. The molecule has 3 aromatic heterocycles. The third kappa shape index (κ3) is 4.39. The average Bonchev–Trinajstić information content (AvgIpc) is 3.51. The zero-order valence-corrected chi connectivity index (χ0v) is 20.8. The quantitative estimate of drug-likeness (QED) is 0.276. The summed E-state index contributed by atoms with van der Waals surface area (Å²) in [6, 6.07) is 10.3. The number of aryl methyl sites for hydroxylation is 1. The molecule has 1 aliphatic rings. The van der Waals surface area contributed by atoms with Gasteiger partial charge < -0.3 is 14.3 Å². The molecule has 176 valence electrons. The first kappa shape index (κ1) is 22.8. The molecular weight excluding hydrogens is 470 g/mol. The first-order valence-electron chi connectivity index (χ1n) is 11.3. The Kier molecular flexibility index (Phi) is 6.26. The summed E-state index contributed by atoms with van der Waals surface area (Å²) in [7, 11) is 0. The number of esters is 1. The lowest BCUT2D eigenvalue weighted by atomic mass is 10.2. The van der Waals surface area contributed by atoms with E-state index in [9.17, 15) is 9.59 Å². The molecule has 1 saturated carbocycles. The predicted octanol–water partition coefficient (Wildman–Crippen LogP) is 4.84. The second-order valence-electron chi connectivity index (χ2n) is 8.35. The molecule has 1 N–H and O–H groups in total. The van der Waals surface area contributed by atoms with Gasteiger partial charge in [-0.25, -0.2) is 9.78 Å². The summed E-state index contributed by atoms with van der Waals surface area (Å²) in [5, 5.41) is 10.0. The highest BCUT2D eigenvalue weighted by molar-refractivity contribution is 7.99. The molecule has 4 aromatic rings. The van der Waals surface area contributed by atoms with Crippen LogP contribution in [-0.2, 0) is 11.3 Å². The molecule has 1 aliphatic carbocycles. The van der Waals surface area contributed by atoms with Crippen molar-refractivity contribution in [2.24, 2.45) is 0 Å². The van der Waals surface area contributed by atoms with Crippen molar-refractivity contribution < 1.29 is 9.53 Å². The Labute approximate surface area is 204 Å². The summed E-state index contributed by atoms with van der Waals surface area (Å²) in [6.07, 6.45) is 2.28. The topological polar surface area (TPSA) is 103 Å². The van der Waals surface area contributed by atoms with E-state index in [1.54, 1.807) is 13.8 Å². The van der Waals surface area contributed by atoms with Crippen LogP contribution in [0.3, 0.4) is 0 Å². The van der Waals surface area contributed by atoms with E-state index in [1.165, 1.54) is 28.7 Å². The fourth-order valence-electron chi connectivity index (χ4n) is 3.90. The minimum atomic E-state index is -0.423. The summed E-state index contributed by atoms with van der Waals surface area (Å²) >= 11 is 2.72. The molecule has 1 fully saturated rings.